The van der Waals surface area contributed by atoms with Gasteiger partial charge in [-0.25, -0.2) is 0 Å². The van der Waals surface area contributed by atoms with Crippen LogP contribution in [0.25, 0.3) is 0 Å². The van der Waals surface area contributed by atoms with Crippen LogP contribution in [0.15, 0.2) is 18.2 Å². The van der Waals surface area contributed by atoms with E-state index in [2.05, 4.69) is 5.32 Å². The number of nitro groups is 1. The smallest absolute Gasteiger partial charge is 0.303 e. The summed E-state index contributed by atoms with van der Waals surface area (Å²) in [7, 11) is 0. The van der Waals surface area contributed by atoms with Gasteiger partial charge in [0.1, 0.15) is 0 Å². The fourth-order valence-corrected chi connectivity index (χ4v) is 1.86. The highest BCUT2D eigenvalue weighted by molar-refractivity contribution is 6.33. The zero-order chi connectivity index (χ0) is 14.4. The van der Waals surface area contributed by atoms with Gasteiger partial charge < -0.3 is 10.4 Å². The largest absolute Gasteiger partial charge is 0.481 e. The first-order valence-electron chi connectivity index (χ1n) is 5.82. The lowest BCUT2D eigenvalue weighted by atomic mass is 10.1. The summed E-state index contributed by atoms with van der Waals surface area (Å²) in [5.41, 5.74) is 0.546. The number of carboxylic acids is 1. The lowest BCUT2D eigenvalue weighted by Gasteiger charge is -2.15. The number of carboxylic acid groups (broad SMARTS) is 1. The number of hydrogen-bond donors (Lipinski definition) is 2. The first kappa shape index (κ1) is 15.2. The Bertz CT molecular complexity index is 479. The molecule has 0 heterocycles. The van der Waals surface area contributed by atoms with Crippen molar-refractivity contribution in [1.29, 1.82) is 0 Å². The molecular weight excluding hydrogens is 272 g/mol. The third kappa shape index (κ3) is 5.13. The second-order valence-electron chi connectivity index (χ2n) is 4.25. The normalized spacial score (nSPS) is 11.9. The van der Waals surface area contributed by atoms with E-state index in [-0.39, 0.29) is 23.2 Å². The number of non-ortho nitro benzene ring substituents is 1. The summed E-state index contributed by atoms with van der Waals surface area (Å²) in [6.07, 6.45) is 1.37. The van der Waals surface area contributed by atoms with E-state index in [0.29, 0.717) is 18.5 Å². The predicted octanol–water partition coefficient (Wildman–Crippen LogP) is 3.30. The van der Waals surface area contributed by atoms with Gasteiger partial charge in [-0.1, -0.05) is 11.6 Å². The summed E-state index contributed by atoms with van der Waals surface area (Å²) in [6, 6.07) is 4.25. The number of rotatable bonds is 7. The SMILES string of the molecule is CC(CCCC(=O)O)Nc1ccc([N+](=O)[O-])cc1Cl. The number of halogens is 1. The first-order valence-corrected chi connectivity index (χ1v) is 6.20. The third-order valence-corrected chi connectivity index (χ3v) is 2.91. The van der Waals surface area contributed by atoms with Gasteiger partial charge in [-0.05, 0) is 25.8 Å². The summed E-state index contributed by atoms with van der Waals surface area (Å²) >= 11 is 5.94. The molecule has 1 unspecified atom stereocenters. The summed E-state index contributed by atoms with van der Waals surface area (Å²) in [6.45, 7) is 1.90. The highest BCUT2D eigenvalue weighted by atomic mass is 35.5. The van der Waals surface area contributed by atoms with Gasteiger partial charge in [0, 0.05) is 24.6 Å². The fraction of sp³-hybridized carbons (Fsp3) is 0.417. The average Bonchev–Trinajstić information content (AvgIpc) is 2.31. The second kappa shape index (κ2) is 6.94. The number of benzene rings is 1. The van der Waals surface area contributed by atoms with Gasteiger partial charge in [0.05, 0.1) is 15.6 Å². The van der Waals surface area contributed by atoms with Crippen molar-refractivity contribution in [3.63, 3.8) is 0 Å². The molecule has 19 heavy (non-hydrogen) atoms. The topological polar surface area (TPSA) is 92.5 Å². The Hall–Kier alpha value is -1.82. The van der Waals surface area contributed by atoms with Gasteiger partial charge in [-0.15, -0.1) is 0 Å². The summed E-state index contributed by atoms with van der Waals surface area (Å²) in [5.74, 6) is -0.819. The van der Waals surface area contributed by atoms with Gasteiger partial charge in [0.2, 0.25) is 0 Å². The highest BCUT2D eigenvalue weighted by Crippen LogP contribution is 2.27. The van der Waals surface area contributed by atoms with E-state index in [1.54, 1.807) is 6.07 Å². The van der Waals surface area contributed by atoms with E-state index in [1.807, 2.05) is 6.92 Å². The van der Waals surface area contributed by atoms with Crippen molar-refractivity contribution in [2.45, 2.75) is 32.2 Å². The molecule has 0 aliphatic heterocycles. The number of carbonyl (C=O) groups is 1. The third-order valence-electron chi connectivity index (χ3n) is 2.59. The molecule has 1 rings (SSSR count). The maximum absolute atomic E-state index is 10.6. The molecule has 0 aromatic heterocycles. The van der Waals surface area contributed by atoms with Gasteiger partial charge in [0.15, 0.2) is 0 Å². The molecule has 0 aliphatic rings. The zero-order valence-corrected chi connectivity index (χ0v) is 11.2. The molecule has 1 atom stereocenters. The van der Waals surface area contributed by atoms with Crippen molar-refractivity contribution < 1.29 is 14.8 Å². The van der Waals surface area contributed by atoms with Gasteiger partial charge in [-0.2, -0.15) is 0 Å². The fourth-order valence-electron chi connectivity index (χ4n) is 1.63. The molecule has 1 aromatic carbocycles. The standard InChI is InChI=1S/C12H15ClN2O4/c1-8(3-2-4-12(16)17)14-11-6-5-9(15(18)19)7-10(11)13/h5-8,14H,2-4H2,1H3,(H,16,17). The molecule has 0 radical (unpaired) electrons. The van der Waals surface area contributed by atoms with Crippen LogP contribution in [0.4, 0.5) is 11.4 Å². The molecule has 0 saturated heterocycles. The van der Waals surface area contributed by atoms with Crippen LogP contribution in [0, 0.1) is 10.1 Å². The zero-order valence-electron chi connectivity index (χ0n) is 10.4. The molecule has 0 saturated carbocycles. The van der Waals surface area contributed by atoms with Crippen LogP contribution in [-0.2, 0) is 4.79 Å². The minimum absolute atomic E-state index is 0.0401. The predicted molar refractivity (Wildman–Crippen MR) is 72.7 cm³/mol. The van der Waals surface area contributed by atoms with Crippen LogP contribution < -0.4 is 5.32 Å². The van der Waals surface area contributed by atoms with E-state index in [0.717, 1.165) is 0 Å². The molecule has 104 valence electrons. The molecule has 0 spiro atoms. The van der Waals surface area contributed by atoms with Gasteiger partial charge in [0.25, 0.3) is 5.69 Å². The maximum atomic E-state index is 10.6. The van der Waals surface area contributed by atoms with E-state index >= 15 is 0 Å². The van der Waals surface area contributed by atoms with E-state index in [9.17, 15) is 14.9 Å². The molecular formula is C12H15ClN2O4. The van der Waals surface area contributed by atoms with Crippen molar-refractivity contribution in [2.75, 3.05) is 5.32 Å². The number of anilines is 1. The minimum Gasteiger partial charge on any atom is -0.481 e. The van der Waals surface area contributed by atoms with Crippen LogP contribution in [0.5, 0.6) is 0 Å². The maximum Gasteiger partial charge on any atom is 0.303 e. The van der Waals surface area contributed by atoms with Crippen molar-refractivity contribution in [3.05, 3.63) is 33.3 Å². The number of nitrogens with zero attached hydrogens (tertiary/aromatic N) is 1. The summed E-state index contributed by atoms with van der Waals surface area (Å²) in [5, 5.41) is 22.5. The first-order chi connectivity index (χ1) is 8.90. The quantitative estimate of drug-likeness (QED) is 0.592. The molecule has 7 heteroatoms. The van der Waals surface area contributed by atoms with Gasteiger partial charge >= 0.3 is 5.97 Å². The number of hydrogen-bond acceptors (Lipinski definition) is 4. The minimum atomic E-state index is -0.819. The van der Waals surface area contributed by atoms with Crippen molar-refractivity contribution in [1.82, 2.24) is 0 Å². The second-order valence-corrected chi connectivity index (χ2v) is 4.66. The van der Waals surface area contributed by atoms with E-state index in [4.69, 9.17) is 16.7 Å². The monoisotopic (exact) mass is 286 g/mol. The lowest BCUT2D eigenvalue weighted by Crippen LogP contribution is -2.15. The average molecular weight is 287 g/mol. The van der Waals surface area contributed by atoms with Crippen LogP contribution in [0.1, 0.15) is 26.2 Å². The van der Waals surface area contributed by atoms with E-state index in [1.165, 1.54) is 12.1 Å². The van der Waals surface area contributed by atoms with Crippen LogP contribution >= 0.6 is 11.6 Å². The van der Waals surface area contributed by atoms with Crippen LogP contribution in [-0.4, -0.2) is 22.0 Å². The number of nitro benzene ring substituents is 1. The van der Waals surface area contributed by atoms with Crippen LogP contribution in [0.3, 0.4) is 0 Å². The van der Waals surface area contributed by atoms with Crippen molar-refractivity contribution >= 4 is 28.9 Å². The Labute approximate surface area is 115 Å². The van der Waals surface area contributed by atoms with Crippen molar-refractivity contribution in [2.24, 2.45) is 0 Å². The molecule has 1 aromatic rings. The highest BCUT2D eigenvalue weighted by Gasteiger charge is 2.11. The van der Waals surface area contributed by atoms with E-state index < -0.39 is 10.9 Å². The molecule has 0 fully saturated rings. The Balaban J connectivity index is 2.57. The Morgan fingerprint density at radius 2 is 2.26 bits per heavy atom. The molecule has 0 amide bonds. The van der Waals surface area contributed by atoms with Gasteiger partial charge in [-0.3, -0.25) is 14.9 Å². The number of aliphatic carboxylic acids is 1. The van der Waals surface area contributed by atoms with Crippen LogP contribution in [0.2, 0.25) is 5.02 Å². The Morgan fingerprint density at radius 3 is 2.79 bits per heavy atom. The van der Waals surface area contributed by atoms with Crippen molar-refractivity contribution in [3.8, 4) is 0 Å². The molecule has 0 aliphatic carbocycles. The summed E-state index contributed by atoms with van der Waals surface area (Å²) < 4.78 is 0. The summed E-state index contributed by atoms with van der Waals surface area (Å²) in [4.78, 5) is 20.4. The lowest BCUT2D eigenvalue weighted by molar-refractivity contribution is -0.384. The molecule has 6 nitrogen and oxygen atoms in total. The molecule has 2 N–H and O–H groups in total. The Morgan fingerprint density at radius 1 is 1.58 bits per heavy atom. The Kier molecular flexibility index (Phi) is 5.57. The number of nitrogens with one attached hydrogen (secondary N) is 1. The molecule has 0 bridgehead atoms.